The molecule has 1 amide bonds. The minimum atomic E-state index is -0.819. The van der Waals surface area contributed by atoms with E-state index in [9.17, 15) is 4.79 Å². The number of anilines is 2. The molecule has 0 atom stereocenters. The number of nitrogens with zero attached hydrogens (tertiary/aromatic N) is 1. The van der Waals surface area contributed by atoms with Gasteiger partial charge in [-0.15, -0.1) is 0 Å². The smallest absolute Gasteiger partial charge is 0.404 e. The minimum Gasteiger partial charge on any atom is -0.448 e. The van der Waals surface area contributed by atoms with E-state index in [1.165, 1.54) is 0 Å². The van der Waals surface area contributed by atoms with Crippen molar-refractivity contribution < 1.29 is 9.53 Å². The Morgan fingerprint density at radius 2 is 2.00 bits per heavy atom. The van der Waals surface area contributed by atoms with Crippen LogP contribution in [0.4, 0.5) is 16.4 Å². The Labute approximate surface area is 115 Å². The topological polar surface area (TPSA) is 89.3 Å². The van der Waals surface area contributed by atoms with Crippen LogP contribution in [0, 0.1) is 0 Å². The summed E-state index contributed by atoms with van der Waals surface area (Å²) in [6, 6.07) is 1.59. The Kier molecular flexibility index (Phi) is 5.80. The molecule has 0 fully saturated rings. The molecular formula is C10H14Cl2N4O2. The van der Waals surface area contributed by atoms with Crippen molar-refractivity contribution in [3.8, 4) is 0 Å². The van der Waals surface area contributed by atoms with E-state index in [1.54, 1.807) is 6.07 Å². The predicted octanol–water partition coefficient (Wildman–Crippen LogP) is 2.33. The van der Waals surface area contributed by atoms with E-state index < -0.39 is 6.09 Å². The maximum atomic E-state index is 10.4. The van der Waals surface area contributed by atoms with Crippen molar-refractivity contribution in [2.45, 2.75) is 6.92 Å². The summed E-state index contributed by atoms with van der Waals surface area (Å²) in [5, 5.41) is 6.76. The molecule has 0 radical (unpaired) electrons. The van der Waals surface area contributed by atoms with Gasteiger partial charge in [0.25, 0.3) is 0 Å². The van der Waals surface area contributed by atoms with Crippen LogP contribution in [-0.4, -0.2) is 30.8 Å². The zero-order chi connectivity index (χ0) is 13.5. The summed E-state index contributed by atoms with van der Waals surface area (Å²) >= 11 is 11.9. The molecule has 0 saturated heterocycles. The molecule has 0 aliphatic heterocycles. The predicted molar refractivity (Wildman–Crippen MR) is 72.4 cm³/mol. The van der Waals surface area contributed by atoms with Gasteiger partial charge < -0.3 is 21.1 Å². The third-order valence-corrected chi connectivity index (χ3v) is 2.49. The van der Waals surface area contributed by atoms with Gasteiger partial charge in [0.2, 0.25) is 0 Å². The molecule has 0 unspecified atom stereocenters. The fraction of sp³-hybridized carbons (Fsp3) is 0.400. The largest absolute Gasteiger partial charge is 0.448 e. The molecule has 6 nitrogen and oxygen atoms in total. The van der Waals surface area contributed by atoms with Crippen molar-refractivity contribution in [2.75, 3.05) is 30.3 Å². The molecule has 0 aromatic carbocycles. The summed E-state index contributed by atoms with van der Waals surface area (Å²) in [7, 11) is 0. The molecule has 18 heavy (non-hydrogen) atoms. The highest BCUT2D eigenvalue weighted by molar-refractivity contribution is 6.37. The number of nitrogens with two attached hydrogens (primary N) is 1. The quantitative estimate of drug-likeness (QED) is 0.700. The number of primary amides is 1. The summed E-state index contributed by atoms with van der Waals surface area (Å²) in [4.78, 5) is 14.6. The van der Waals surface area contributed by atoms with E-state index >= 15 is 0 Å². The third-order valence-electron chi connectivity index (χ3n) is 1.91. The average molecular weight is 293 g/mol. The van der Waals surface area contributed by atoms with Gasteiger partial charge in [0.05, 0.1) is 16.6 Å². The molecule has 4 N–H and O–H groups in total. The Hall–Kier alpha value is -1.40. The summed E-state index contributed by atoms with van der Waals surface area (Å²) in [5.74, 6) is 1.01. The normalized spacial score (nSPS) is 9.94. The Morgan fingerprint density at radius 3 is 2.56 bits per heavy atom. The highest BCUT2D eigenvalue weighted by atomic mass is 35.5. The Bertz CT molecular complexity index is 429. The fourth-order valence-electron chi connectivity index (χ4n) is 1.20. The van der Waals surface area contributed by atoms with Gasteiger partial charge in [0.15, 0.2) is 0 Å². The van der Waals surface area contributed by atoms with E-state index in [1.807, 2.05) is 6.92 Å². The van der Waals surface area contributed by atoms with Gasteiger partial charge in [-0.2, -0.15) is 0 Å². The zero-order valence-corrected chi connectivity index (χ0v) is 11.3. The number of hydrogen-bond donors (Lipinski definition) is 3. The molecule has 8 heteroatoms. The number of aromatic nitrogens is 1. The first-order valence-corrected chi connectivity index (χ1v) is 6.06. The van der Waals surface area contributed by atoms with Crippen molar-refractivity contribution in [1.82, 2.24) is 4.98 Å². The van der Waals surface area contributed by atoms with Crippen LogP contribution in [0.25, 0.3) is 0 Å². The van der Waals surface area contributed by atoms with Crippen LogP contribution < -0.4 is 16.4 Å². The SMILES string of the molecule is CCNc1nc(NCCOC(N)=O)c(Cl)cc1Cl. The number of nitrogens with one attached hydrogen (secondary N) is 2. The van der Waals surface area contributed by atoms with E-state index in [-0.39, 0.29) is 6.61 Å². The van der Waals surface area contributed by atoms with Crippen molar-refractivity contribution in [1.29, 1.82) is 0 Å². The molecule has 100 valence electrons. The number of rotatable bonds is 6. The van der Waals surface area contributed by atoms with Gasteiger partial charge in [-0.05, 0) is 13.0 Å². The van der Waals surface area contributed by atoms with Crippen LogP contribution >= 0.6 is 23.2 Å². The van der Waals surface area contributed by atoms with Gasteiger partial charge in [-0.1, -0.05) is 23.2 Å². The number of hydrogen-bond acceptors (Lipinski definition) is 5. The highest BCUT2D eigenvalue weighted by Gasteiger charge is 2.08. The number of amides is 1. The standard InChI is InChI=1S/C10H14Cl2N4O2/c1-2-14-8-6(11)5-7(12)9(16-8)15-3-4-18-10(13)17/h5H,2-4H2,1H3,(H2,13,17)(H2,14,15,16). The zero-order valence-electron chi connectivity index (χ0n) is 9.80. The van der Waals surface area contributed by atoms with Crippen LogP contribution in [0.15, 0.2) is 6.07 Å². The first-order valence-electron chi connectivity index (χ1n) is 5.30. The molecule has 1 rings (SSSR count). The van der Waals surface area contributed by atoms with E-state index in [4.69, 9.17) is 28.9 Å². The second kappa shape index (κ2) is 7.13. The number of carbonyl (C=O) groups is 1. The average Bonchev–Trinajstić information content (AvgIpc) is 2.29. The molecule has 0 saturated carbocycles. The lowest BCUT2D eigenvalue weighted by molar-refractivity contribution is 0.161. The Balaban J connectivity index is 2.64. The van der Waals surface area contributed by atoms with Crippen LogP contribution in [0.3, 0.4) is 0 Å². The summed E-state index contributed by atoms with van der Waals surface area (Å²) in [6.07, 6.45) is -0.819. The fourth-order valence-corrected chi connectivity index (χ4v) is 1.70. The molecular weight excluding hydrogens is 279 g/mol. The van der Waals surface area contributed by atoms with Crippen LogP contribution in [0.5, 0.6) is 0 Å². The van der Waals surface area contributed by atoms with Crippen molar-refractivity contribution >= 4 is 40.9 Å². The third kappa shape index (κ3) is 4.46. The molecule has 1 aromatic heterocycles. The number of halogens is 2. The van der Waals surface area contributed by atoms with E-state index in [2.05, 4.69) is 20.4 Å². The summed E-state index contributed by atoms with van der Waals surface area (Å²) < 4.78 is 4.57. The molecule has 0 aliphatic rings. The molecule has 1 heterocycles. The number of pyridine rings is 1. The molecule has 0 aliphatic carbocycles. The molecule has 0 spiro atoms. The van der Waals surface area contributed by atoms with Gasteiger partial charge in [-0.3, -0.25) is 0 Å². The lowest BCUT2D eigenvalue weighted by Crippen LogP contribution is -2.19. The van der Waals surface area contributed by atoms with E-state index in [0.717, 1.165) is 0 Å². The van der Waals surface area contributed by atoms with Gasteiger partial charge in [-0.25, -0.2) is 9.78 Å². The summed E-state index contributed by atoms with van der Waals surface area (Å²) in [6.45, 7) is 3.11. The van der Waals surface area contributed by atoms with Crippen molar-refractivity contribution in [3.63, 3.8) is 0 Å². The van der Waals surface area contributed by atoms with Gasteiger partial charge in [0, 0.05) is 6.54 Å². The second-order valence-electron chi connectivity index (χ2n) is 3.27. The van der Waals surface area contributed by atoms with Crippen LogP contribution in [0.2, 0.25) is 10.0 Å². The van der Waals surface area contributed by atoms with Crippen molar-refractivity contribution in [3.05, 3.63) is 16.1 Å². The first-order chi connectivity index (χ1) is 8.54. The van der Waals surface area contributed by atoms with Gasteiger partial charge in [0.1, 0.15) is 18.2 Å². The first kappa shape index (κ1) is 14.7. The lowest BCUT2D eigenvalue weighted by atomic mass is 10.4. The summed E-state index contributed by atoms with van der Waals surface area (Å²) in [5.41, 5.74) is 4.83. The van der Waals surface area contributed by atoms with Crippen molar-refractivity contribution in [2.24, 2.45) is 5.73 Å². The van der Waals surface area contributed by atoms with Crippen LogP contribution in [0.1, 0.15) is 6.92 Å². The second-order valence-corrected chi connectivity index (χ2v) is 4.09. The maximum Gasteiger partial charge on any atom is 0.404 e. The number of carbonyl (C=O) groups excluding carboxylic acids is 1. The minimum absolute atomic E-state index is 0.131. The lowest BCUT2D eigenvalue weighted by Gasteiger charge is -2.11. The molecule has 1 aromatic rings. The highest BCUT2D eigenvalue weighted by Crippen LogP contribution is 2.28. The Morgan fingerprint density at radius 1 is 1.39 bits per heavy atom. The van der Waals surface area contributed by atoms with Gasteiger partial charge >= 0.3 is 6.09 Å². The monoisotopic (exact) mass is 292 g/mol. The van der Waals surface area contributed by atoms with E-state index in [0.29, 0.717) is 34.8 Å². The maximum absolute atomic E-state index is 10.4. The number of ether oxygens (including phenoxy) is 1. The van der Waals surface area contributed by atoms with Crippen LogP contribution in [-0.2, 0) is 4.74 Å². The molecule has 0 bridgehead atoms.